The predicted octanol–water partition coefficient (Wildman–Crippen LogP) is 2.82. The summed E-state index contributed by atoms with van der Waals surface area (Å²) in [4.78, 5) is 31.7. The smallest absolute Gasteiger partial charge is 0.403 e. The monoisotopic (exact) mass is 459 g/mol. The largest absolute Gasteiger partial charge is 0.573 e. The van der Waals surface area contributed by atoms with E-state index in [1.165, 1.54) is 13.2 Å². The van der Waals surface area contributed by atoms with E-state index >= 15 is 0 Å². The molecular weight excluding hydrogens is 438 g/mol. The molecule has 1 saturated heterocycles. The van der Waals surface area contributed by atoms with Crippen LogP contribution < -0.4 is 15.6 Å². The molecule has 1 aliphatic rings. The van der Waals surface area contributed by atoms with Crippen LogP contribution in [-0.2, 0) is 9.47 Å². The molecule has 1 atom stereocenters. The molecule has 0 unspecified atom stereocenters. The van der Waals surface area contributed by atoms with E-state index in [1.807, 2.05) is 0 Å². The molecule has 0 aliphatic carbocycles. The van der Waals surface area contributed by atoms with Crippen molar-refractivity contribution in [3.63, 3.8) is 0 Å². The molecule has 0 bridgehead atoms. The Bertz CT molecular complexity index is 1010. The number of rotatable bonds is 7. The van der Waals surface area contributed by atoms with Gasteiger partial charge in [0.2, 0.25) is 0 Å². The van der Waals surface area contributed by atoms with Crippen molar-refractivity contribution in [2.75, 3.05) is 26.9 Å². The number of nitrogens with zero attached hydrogens (tertiary/aromatic N) is 1. The van der Waals surface area contributed by atoms with Crippen molar-refractivity contribution in [3.8, 4) is 5.75 Å². The molecule has 0 radical (unpaired) electrons. The molecule has 1 aromatic carbocycles. The Kier molecular flexibility index (Phi) is 7.46. The summed E-state index contributed by atoms with van der Waals surface area (Å²) in [5, 5.41) is 2.57. The molecule has 3 rings (SSSR count). The van der Waals surface area contributed by atoms with E-state index in [1.54, 1.807) is 0 Å². The number of methoxy groups -OCH3 is 1. The number of benzene rings is 1. The van der Waals surface area contributed by atoms with Crippen LogP contribution in [0.15, 0.2) is 29.1 Å². The second-order valence-electron chi connectivity index (χ2n) is 7.12. The lowest BCUT2D eigenvalue weighted by Gasteiger charge is -2.22. The van der Waals surface area contributed by atoms with Gasteiger partial charge in [0.15, 0.2) is 11.6 Å². The minimum absolute atomic E-state index is 0.0609. The molecule has 1 fully saturated rings. The molecule has 2 N–H and O–H groups in total. The molecule has 2 heterocycles. The summed E-state index contributed by atoms with van der Waals surface area (Å²) < 4.78 is 65.1. The first-order valence-corrected chi connectivity index (χ1v) is 9.70. The zero-order valence-electron chi connectivity index (χ0n) is 17.0. The molecule has 8 nitrogen and oxygen atoms in total. The first-order chi connectivity index (χ1) is 15.2. The van der Waals surface area contributed by atoms with Crippen molar-refractivity contribution in [1.82, 2.24) is 15.3 Å². The standard InChI is InChI=1S/C20H21F4N3O5/c1-30-10-15(12-2-3-16(13(21)8-12)32-20(22,23)24)26-19(29)14-9-17(28)27-18(25-14)11-4-6-31-7-5-11/h2-3,8-9,11,15H,4-7,10H2,1H3,(H,26,29)(H,25,27,28)/t15-/m1/s1. The van der Waals surface area contributed by atoms with Crippen LogP contribution >= 0.6 is 0 Å². The summed E-state index contributed by atoms with van der Waals surface area (Å²) in [6.45, 7) is 0.918. The molecule has 1 aromatic heterocycles. The highest BCUT2D eigenvalue weighted by Crippen LogP contribution is 2.28. The number of hydrogen-bond donors (Lipinski definition) is 2. The summed E-state index contributed by atoms with van der Waals surface area (Å²) in [6, 6.07) is 2.90. The van der Waals surface area contributed by atoms with Gasteiger partial charge in [-0.3, -0.25) is 9.59 Å². The van der Waals surface area contributed by atoms with Crippen LogP contribution in [0.25, 0.3) is 0 Å². The quantitative estimate of drug-likeness (QED) is 0.618. The Morgan fingerprint density at radius 3 is 2.66 bits per heavy atom. The van der Waals surface area contributed by atoms with Crippen LogP contribution in [0.2, 0.25) is 0 Å². The lowest BCUT2D eigenvalue weighted by molar-refractivity contribution is -0.275. The Labute approximate surface area is 179 Å². The lowest BCUT2D eigenvalue weighted by Crippen LogP contribution is -2.33. The number of aromatic amines is 1. The average Bonchev–Trinajstić information content (AvgIpc) is 2.74. The first kappa shape index (κ1) is 23.7. The van der Waals surface area contributed by atoms with Gasteiger partial charge in [0.1, 0.15) is 11.5 Å². The summed E-state index contributed by atoms with van der Waals surface area (Å²) in [5.74, 6) is -2.67. The highest BCUT2D eigenvalue weighted by molar-refractivity contribution is 5.92. The SMILES string of the molecule is COC[C@@H](NC(=O)c1cc(=O)[nH]c(C2CCOCC2)n1)c1ccc(OC(F)(F)F)c(F)c1. The van der Waals surface area contributed by atoms with E-state index in [0.717, 1.165) is 18.2 Å². The molecule has 1 amide bonds. The van der Waals surface area contributed by atoms with Crippen molar-refractivity contribution in [3.05, 3.63) is 57.5 Å². The Hall–Kier alpha value is -2.99. The Morgan fingerprint density at radius 1 is 1.31 bits per heavy atom. The fourth-order valence-corrected chi connectivity index (χ4v) is 3.32. The zero-order chi connectivity index (χ0) is 23.3. The van der Waals surface area contributed by atoms with Crippen LogP contribution in [-0.4, -0.2) is 49.2 Å². The van der Waals surface area contributed by atoms with E-state index in [2.05, 4.69) is 20.0 Å². The number of carbonyl (C=O) groups is 1. The number of alkyl halides is 3. The van der Waals surface area contributed by atoms with Crippen LogP contribution in [0.3, 0.4) is 0 Å². The number of amides is 1. The predicted molar refractivity (Wildman–Crippen MR) is 103 cm³/mol. The topological polar surface area (TPSA) is 103 Å². The Morgan fingerprint density at radius 2 is 2.03 bits per heavy atom. The number of nitrogens with one attached hydrogen (secondary N) is 2. The maximum absolute atomic E-state index is 14.1. The third kappa shape index (κ3) is 6.26. The van der Waals surface area contributed by atoms with E-state index in [-0.39, 0.29) is 23.8 Å². The number of H-pyrrole nitrogens is 1. The number of carbonyl (C=O) groups excluding carboxylic acids is 1. The van der Waals surface area contributed by atoms with Gasteiger partial charge in [-0.15, -0.1) is 13.2 Å². The fraction of sp³-hybridized carbons (Fsp3) is 0.450. The second kappa shape index (κ2) is 10.1. The van der Waals surface area contributed by atoms with Gasteiger partial charge in [-0.05, 0) is 30.5 Å². The van der Waals surface area contributed by atoms with Crippen LogP contribution in [0.5, 0.6) is 5.75 Å². The molecule has 2 aromatic rings. The van der Waals surface area contributed by atoms with Crippen molar-refractivity contribution in [1.29, 1.82) is 0 Å². The molecule has 12 heteroatoms. The van der Waals surface area contributed by atoms with Crippen LogP contribution in [0.4, 0.5) is 17.6 Å². The molecule has 1 aliphatic heterocycles. The zero-order valence-corrected chi connectivity index (χ0v) is 17.0. The van der Waals surface area contributed by atoms with Gasteiger partial charge >= 0.3 is 6.36 Å². The van der Waals surface area contributed by atoms with Gasteiger partial charge in [-0.25, -0.2) is 9.37 Å². The molecule has 174 valence electrons. The van der Waals surface area contributed by atoms with Gasteiger partial charge in [0, 0.05) is 32.3 Å². The number of hydrogen-bond acceptors (Lipinski definition) is 6. The fourth-order valence-electron chi connectivity index (χ4n) is 3.32. The van der Waals surface area contributed by atoms with Crippen molar-refractivity contribution in [2.45, 2.75) is 31.2 Å². The molecular formula is C20H21F4N3O5. The van der Waals surface area contributed by atoms with Crippen LogP contribution in [0.1, 0.15) is 46.7 Å². The van der Waals surface area contributed by atoms with Crippen molar-refractivity contribution in [2.24, 2.45) is 0 Å². The van der Waals surface area contributed by atoms with Gasteiger partial charge in [0.25, 0.3) is 11.5 Å². The van der Waals surface area contributed by atoms with Gasteiger partial charge in [-0.2, -0.15) is 0 Å². The summed E-state index contributed by atoms with van der Waals surface area (Å²) in [6.07, 6.45) is -3.76. The van der Waals surface area contributed by atoms with Crippen molar-refractivity contribution >= 4 is 5.91 Å². The van der Waals surface area contributed by atoms with Gasteiger partial charge in [0.05, 0.1) is 12.6 Å². The third-order valence-electron chi connectivity index (χ3n) is 4.82. The summed E-state index contributed by atoms with van der Waals surface area (Å²) in [5.41, 5.74) is -0.509. The third-order valence-corrected chi connectivity index (χ3v) is 4.82. The maximum Gasteiger partial charge on any atom is 0.573 e. The highest BCUT2D eigenvalue weighted by atomic mass is 19.4. The minimum atomic E-state index is -5.04. The van der Waals surface area contributed by atoms with E-state index < -0.39 is 35.4 Å². The minimum Gasteiger partial charge on any atom is -0.403 e. The normalized spacial score (nSPS) is 15.9. The highest BCUT2D eigenvalue weighted by Gasteiger charge is 2.32. The summed E-state index contributed by atoms with van der Waals surface area (Å²) in [7, 11) is 1.34. The first-order valence-electron chi connectivity index (χ1n) is 9.70. The van der Waals surface area contributed by atoms with E-state index in [9.17, 15) is 27.2 Å². The maximum atomic E-state index is 14.1. The average molecular weight is 459 g/mol. The second-order valence-corrected chi connectivity index (χ2v) is 7.12. The molecule has 32 heavy (non-hydrogen) atoms. The number of halogens is 4. The van der Waals surface area contributed by atoms with Gasteiger partial charge < -0.3 is 24.5 Å². The number of ether oxygens (including phenoxy) is 3. The van der Waals surface area contributed by atoms with Crippen LogP contribution in [0, 0.1) is 5.82 Å². The molecule has 0 saturated carbocycles. The van der Waals surface area contributed by atoms with Crippen molar-refractivity contribution < 1.29 is 36.6 Å². The number of aromatic nitrogens is 2. The lowest BCUT2D eigenvalue weighted by atomic mass is 9.99. The molecule has 0 spiro atoms. The van der Waals surface area contributed by atoms with Gasteiger partial charge in [-0.1, -0.05) is 6.07 Å². The summed E-state index contributed by atoms with van der Waals surface area (Å²) >= 11 is 0. The Balaban J connectivity index is 1.80. The van der Waals surface area contributed by atoms with E-state index in [0.29, 0.717) is 31.9 Å². The van der Waals surface area contributed by atoms with E-state index in [4.69, 9.17) is 9.47 Å².